The van der Waals surface area contributed by atoms with Gasteiger partial charge in [-0.05, 0) is 42.7 Å². The fourth-order valence-electron chi connectivity index (χ4n) is 3.79. The second-order valence-electron chi connectivity index (χ2n) is 7.15. The molecule has 1 fully saturated rings. The van der Waals surface area contributed by atoms with Crippen LogP contribution in [0.5, 0.6) is 0 Å². The van der Waals surface area contributed by atoms with Crippen LogP contribution >= 0.6 is 0 Å². The number of fused-ring (bicyclic) bond motifs is 1. The minimum absolute atomic E-state index is 0.0335. The molecule has 2 aromatic rings. The number of likely N-dealkylation sites (tertiary alicyclic amines) is 1. The minimum atomic E-state index is -3.74. The van der Waals surface area contributed by atoms with E-state index < -0.39 is 10.0 Å². The van der Waals surface area contributed by atoms with Crippen LogP contribution in [0, 0.1) is 0 Å². The van der Waals surface area contributed by atoms with Gasteiger partial charge in [0.05, 0.1) is 10.6 Å². The summed E-state index contributed by atoms with van der Waals surface area (Å²) in [6.45, 7) is 1.61. The number of amides is 1. The molecular weight excluding hydrogens is 376 g/mol. The van der Waals surface area contributed by atoms with Crippen LogP contribution in [-0.2, 0) is 21.2 Å². The fraction of sp³-hybridized carbons (Fsp3) is 0.333. The Balaban J connectivity index is 1.53. The van der Waals surface area contributed by atoms with Gasteiger partial charge in [-0.1, -0.05) is 24.3 Å². The molecule has 4 rings (SSSR count). The van der Waals surface area contributed by atoms with E-state index in [-0.39, 0.29) is 29.6 Å². The van der Waals surface area contributed by atoms with E-state index in [9.17, 15) is 18.0 Å². The molecule has 0 N–H and O–H groups in total. The number of sulfonamides is 1. The number of carbonyl (C=O) groups excluding carboxylic acids is 2. The largest absolute Gasteiger partial charge is 0.342 e. The first kappa shape index (κ1) is 18.7. The molecule has 0 saturated carbocycles. The molecule has 0 atom stereocenters. The zero-order valence-electron chi connectivity index (χ0n) is 15.5. The maximum absolute atomic E-state index is 13.1. The average Bonchev–Trinajstić information content (AvgIpc) is 3.12. The Kier molecular flexibility index (Phi) is 4.93. The summed E-state index contributed by atoms with van der Waals surface area (Å²) < 4.78 is 27.6. The van der Waals surface area contributed by atoms with Crippen LogP contribution in [0.3, 0.4) is 0 Å². The molecule has 2 aliphatic rings. The molecule has 0 aliphatic carbocycles. The highest BCUT2D eigenvalue weighted by molar-refractivity contribution is 7.92. The number of ketones is 1. The first-order chi connectivity index (χ1) is 13.5. The molecule has 0 aromatic heterocycles. The lowest BCUT2D eigenvalue weighted by Gasteiger charge is -2.29. The van der Waals surface area contributed by atoms with Crippen molar-refractivity contribution in [2.24, 2.45) is 0 Å². The maximum atomic E-state index is 13.1. The molecule has 2 aromatic carbocycles. The lowest BCUT2D eigenvalue weighted by Crippen LogP contribution is -2.37. The van der Waals surface area contributed by atoms with E-state index in [4.69, 9.17) is 0 Å². The van der Waals surface area contributed by atoms with Crippen molar-refractivity contribution in [1.29, 1.82) is 0 Å². The molecule has 0 spiro atoms. The van der Waals surface area contributed by atoms with Gasteiger partial charge in [0, 0.05) is 38.0 Å². The van der Waals surface area contributed by atoms with Crippen LogP contribution < -0.4 is 4.31 Å². The zero-order chi connectivity index (χ0) is 19.7. The Morgan fingerprint density at radius 2 is 1.64 bits per heavy atom. The number of Topliss-reactive ketones (excluding diaryl/α,β-unsaturated/α-hetero) is 1. The summed E-state index contributed by atoms with van der Waals surface area (Å²) in [5.74, 6) is 0.159. The maximum Gasteiger partial charge on any atom is 0.264 e. The Morgan fingerprint density at radius 1 is 0.893 bits per heavy atom. The van der Waals surface area contributed by atoms with Gasteiger partial charge < -0.3 is 4.90 Å². The molecule has 7 heteroatoms. The van der Waals surface area contributed by atoms with Gasteiger partial charge in [0.2, 0.25) is 5.91 Å². The molecule has 2 aliphatic heterocycles. The molecule has 2 heterocycles. The molecule has 0 radical (unpaired) electrons. The van der Waals surface area contributed by atoms with Crippen LogP contribution in [0.25, 0.3) is 0 Å². The Bertz CT molecular complexity index is 1010. The number of para-hydroxylation sites is 1. The minimum Gasteiger partial charge on any atom is -0.342 e. The average molecular weight is 398 g/mol. The van der Waals surface area contributed by atoms with Crippen molar-refractivity contribution in [3.63, 3.8) is 0 Å². The SMILES string of the molecule is O=C1CCN(S(=O)(=O)c2ccc(CCN3CCCC3=O)cc2)c2ccccc21. The number of nitrogens with zero attached hydrogens (tertiary/aromatic N) is 2. The highest BCUT2D eigenvalue weighted by Gasteiger charge is 2.32. The molecule has 6 nitrogen and oxygen atoms in total. The van der Waals surface area contributed by atoms with E-state index in [2.05, 4.69) is 0 Å². The van der Waals surface area contributed by atoms with Crippen LogP contribution in [0.2, 0.25) is 0 Å². The van der Waals surface area contributed by atoms with Gasteiger partial charge in [0.15, 0.2) is 5.78 Å². The van der Waals surface area contributed by atoms with Crippen LogP contribution in [0.15, 0.2) is 53.4 Å². The summed E-state index contributed by atoms with van der Waals surface area (Å²) in [4.78, 5) is 25.9. The monoisotopic (exact) mass is 398 g/mol. The number of anilines is 1. The van der Waals surface area contributed by atoms with E-state index in [0.29, 0.717) is 30.6 Å². The van der Waals surface area contributed by atoms with Gasteiger partial charge in [-0.3, -0.25) is 13.9 Å². The van der Waals surface area contributed by atoms with Crippen LogP contribution in [0.4, 0.5) is 5.69 Å². The molecule has 28 heavy (non-hydrogen) atoms. The topological polar surface area (TPSA) is 74.8 Å². The molecule has 1 saturated heterocycles. The second kappa shape index (κ2) is 7.39. The number of hydrogen-bond acceptors (Lipinski definition) is 4. The number of hydrogen-bond donors (Lipinski definition) is 0. The lowest BCUT2D eigenvalue weighted by atomic mass is 10.0. The van der Waals surface area contributed by atoms with E-state index in [1.165, 1.54) is 4.31 Å². The number of rotatable bonds is 5. The van der Waals surface area contributed by atoms with E-state index in [0.717, 1.165) is 18.5 Å². The van der Waals surface area contributed by atoms with Crippen molar-refractivity contribution in [3.8, 4) is 0 Å². The quantitative estimate of drug-likeness (QED) is 0.776. The third-order valence-corrected chi connectivity index (χ3v) is 7.20. The van der Waals surface area contributed by atoms with Crippen LogP contribution in [0.1, 0.15) is 35.2 Å². The van der Waals surface area contributed by atoms with Crippen LogP contribution in [-0.4, -0.2) is 44.6 Å². The standard InChI is InChI=1S/C21H22N2O4S/c24-20-12-15-23(19-5-2-1-4-18(19)20)28(26,27)17-9-7-16(8-10-17)11-14-22-13-3-6-21(22)25/h1-2,4-5,7-10H,3,6,11-15H2. The van der Waals surface area contributed by atoms with Crippen molar-refractivity contribution < 1.29 is 18.0 Å². The Hall–Kier alpha value is -2.67. The third-order valence-electron chi connectivity index (χ3n) is 5.37. The number of carbonyl (C=O) groups is 2. The first-order valence-electron chi connectivity index (χ1n) is 9.48. The molecular formula is C21H22N2O4S. The number of benzene rings is 2. The zero-order valence-corrected chi connectivity index (χ0v) is 16.3. The van der Waals surface area contributed by atoms with Gasteiger partial charge >= 0.3 is 0 Å². The normalized spacial score (nSPS) is 17.1. The van der Waals surface area contributed by atoms with Gasteiger partial charge in [0.25, 0.3) is 10.0 Å². The highest BCUT2D eigenvalue weighted by atomic mass is 32.2. The smallest absolute Gasteiger partial charge is 0.264 e. The summed E-state index contributed by atoms with van der Waals surface area (Å²) in [6.07, 6.45) is 2.41. The van der Waals surface area contributed by atoms with Crippen molar-refractivity contribution in [2.45, 2.75) is 30.6 Å². The van der Waals surface area contributed by atoms with Gasteiger partial charge in [-0.25, -0.2) is 8.42 Å². The predicted molar refractivity (Wildman–Crippen MR) is 106 cm³/mol. The summed E-state index contributed by atoms with van der Waals surface area (Å²) >= 11 is 0. The summed E-state index contributed by atoms with van der Waals surface area (Å²) in [7, 11) is -3.74. The summed E-state index contributed by atoms with van der Waals surface area (Å²) in [6, 6.07) is 13.6. The molecule has 1 amide bonds. The van der Waals surface area contributed by atoms with Gasteiger partial charge in [-0.2, -0.15) is 0 Å². The Labute approximate surface area is 164 Å². The third kappa shape index (κ3) is 3.42. The predicted octanol–water partition coefficient (Wildman–Crippen LogP) is 2.63. The summed E-state index contributed by atoms with van der Waals surface area (Å²) in [5, 5.41) is 0. The highest BCUT2D eigenvalue weighted by Crippen LogP contribution is 2.31. The van der Waals surface area contributed by atoms with Gasteiger partial charge in [-0.15, -0.1) is 0 Å². The second-order valence-corrected chi connectivity index (χ2v) is 9.01. The van der Waals surface area contributed by atoms with Crippen molar-refractivity contribution in [3.05, 3.63) is 59.7 Å². The van der Waals surface area contributed by atoms with Crippen molar-refractivity contribution in [2.75, 3.05) is 23.9 Å². The Morgan fingerprint density at radius 3 is 2.36 bits per heavy atom. The van der Waals surface area contributed by atoms with Crippen molar-refractivity contribution >= 4 is 27.4 Å². The molecule has 0 bridgehead atoms. The van der Waals surface area contributed by atoms with Crippen molar-refractivity contribution in [1.82, 2.24) is 4.90 Å². The molecule has 146 valence electrons. The fourth-order valence-corrected chi connectivity index (χ4v) is 5.28. The van der Waals surface area contributed by atoms with E-state index in [1.807, 2.05) is 4.90 Å². The first-order valence-corrected chi connectivity index (χ1v) is 10.9. The lowest BCUT2D eigenvalue weighted by molar-refractivity contribution is -0.127. The van der Waals surface area contributed by atoms with Gasteiger partial charge in [0.1, 0.15) is 0 Å². The van der Waals surface area contributed by atoms with E-state index in [1.54, 1.807) is 48.5 Å². The van der Waals surface area contributed by atoms with E-state index >= 15 is 0 Å². The summed E-state index contributed by atoms with van der Waals surface area (Å²) in [5.41, 5.74) is 1.88. The molecule has 0 unspecified atom stereocenters.